The van der Waals surface area contributed by atoms with E-state index in [-0.39, 0.29) is 0 Å². The van der Waals surface area contributed by atoms with Gasteiger partial charge in [-0.2, -0.15) is 0 Å². The van der Waals surface area contributed by atoms with E-state index in [9.17, 15) is 0 Å². The van der Waals surface area contributed by atoms with Crippen molar-refractivity contribution in [2.45, 2.75) is 70.9 Å². The van der Waals surface area contributed by atoms with Crippen LogP contribution in [-0.2, 0) is 13.0 Å². The lowest BCUT2D eigenvalue weighted by Crippen LogP contribution is -2.29. The first-order valence-electron chi connectivity index (χ1n) is 7.19. The fourth-order valence-corrected chi connectivity index (χ4v) is 2.61. The number of furan rings is 1. The maximum Gasteiger partial charge on any atom is 0.117 e. The molecule has 1 saturated carbocycles. The molecule has 0 unspecified atom stereocenters. The predicted molar refractivity (Wildman–Crippen MR) is 71.0 cm³/mol. The van der Waals surface area contributed by atoms with Crippen LogP contribution in [0.5, 0.6) is 0 Å². The molecular weight excluding hydrogens is 210 g/mol. The van der Waals surface area contributed by atoms with Crippen LogP contribution in [0.3, 0.4) is 0 Å². The molecule has 17 heavy (non-hydrogen) atoms. The molecule has 1 heterocycles. The van der Waals surface area contributed by atoms with Gasteiger partial charge in [0.05, 0.1) is 6.54 Å². The van der Waals surface area contributed by atoms with E-state index in [1.54, 1.807) is 0 Å². The van der Waals surface area contributed by atoms with Crippen molar-refractivity contribution in [2.24, 2.45) is 0 Å². The van der Waals surface area contributed by atoms with E-state index in [1.165, 1.54) is 44.9 Å². The molecule has 2 nitrogen and oxygen atoms in total. The van der Waals surface area contributed by atoms with E-state index in [2.05, 4.69) is 24.4 Å². The lowest BCUT2D eigenvalue weighted by atomic mass is 9.97. The third-order valence-corrected chi connectivity index (χ3v) is 3.74. The molecule has 0 spiro atoms. The van der Waals surface area contributed by atoms with Crippen LogP contribution < -0.4 is 5.32 Å². The van der Waals surface area contributed by atoms with Crippen LogP contribution in [0.25, 0.3) is 0 Å². The van der Waals surface area contributed by atoms with Gasteiger partial charge in [-0.05, 0) is 25.0 Å². The molecule has 0 bridgehead atoms. The van der Waals surface area contributed by atoms with Crippen LogP contribution in [0, 0.1) is 0 Å². The van der Waals surface area contributed by atoms with Crippen molar-refractivity contribution in [3.63, 3.8) is 0 Å². The molecule has 2 heteroatoms. The fraction of sp³-hybridized carbons (Fsp3) is 0.733. The molecule has 1 N–H and O–H groups in total. The summed E-state index contributed by atoms with van der Waals surface area (Å²) in [5.74, 6) is 2.18. The Morgan fingerprint density at radius 1 is 1.06 bits per heavy atom. The van der Waals surface area contributed by atoms with Gasteiger partial charge in [0.25, 0.3) is 0 Å². The molecule has 96 valence electrons. The highest BCUT2D eigenvalue weighted by molar-refractivity contribution is 5.06. The van der Waals surface area contributed by atoms with Crippen LogP contribution in [0.4, 0.5) is 0 Å². The summed E-state index contributed by atoms with van der Waals surface area (Å²) in [6.45, 7) is 3.02. The maximum atomic E-state index is 5.72. The van der Waals surface area contributed by atoms with Gasteiger partial charge in [0.1, 0.15) is 11.5 Å². The van der Waals surface area contributed by atoms with E-state index in [0.29, 0.717) is 6.04 Å². The van der Waals surface area contributed by atoms with Gasteiger partial charge in [-0.25, -0.2) is 0 Å². The molecule has 0 saturated heterocycles. The van der Waals surface area contributed by atoms with E-state index < -0.39 is 0 Å². The standard InChI is InChI=1S/C15H25NO/c1-2-14-10-11-15(17-14)12-16-13-8-6-4-3-5-7-9-13/h10-11,13,16H,2-9,12H2,1H3. The van der Waals surface area contributed by atoms with E-state index in [1.807, 2.05) is 0 Å². The second-order valence-electron chi connectivity index (χ2n) is 5.14. The second-order valence-corrected chi connectivity index (χ2v) is 5.14. The van der Waals surface area contributed by atoms with Crippen molar-refractivity contribution in [1.29, 1.82) is 0 Å². The van der Waals surface area contributed by atoms with Crippen molar-refractivity contribution >= 4 is 0 Å². The number of nitrogens with one attached hydrogen (secondary N) is 1. The molecule has 1 aromatic rings. The smallest absolute Gasteiger partial charge is 0.117 e. The maximum absolute atomic E-state index is 5.72. The highest BCUT2D eigenvalue weighted by Crippen LogP contribution is 2.17. The summed E-state index contributed by atoms with van der Waals surface area (Å²) in [6.07, 6.45) is 10.7. The van der Waals surface area contributed by atoms with Gasteiger partial charge in [-0.15, -0.1) is 0 Å². The van der Waals surface area contributed by atoms with E-state index >= 15 is 0 Å². The summed E-state index contributed by atoms with van der Waals surface area (Å²) < 4.78 is 5.72. The number of hydrogen-bond donors (Lipinski definition) is 1. The second kappa shape index (κ2) is 6.85. The molecule has 0 amide bonds. The Balaban J connectivity index is 1.75. The van der Waals surface area contributed by atoms with Crippen LogP contribution >= 0.6 is 0 Å². The molecule has 2 rings (SSSR count). The monoisotopic (exact) mass is 235 g/mol. The lowest BCUT2D eigenvalue weighted by molar-refractivity contribution is 0.367. The summed E-state index contributed by atoms with van der Waals surface area (Å²) in [5, 5.41) is 3.65. The number of aryl methyl sites for hydroxylation is 1. The first-order chi connectivity index (χ1) is 8.38. The van der Waals surface area contributed by atoms with Gasteiger partial charge in [-0.3, -0.25) is 0 Å². The minimum absolute atomic E-state index is 0.700. The Morgan fingerprint density at radius 2 is 1.71 bits per heavy atom. The zero-order valence-corrected chi connectivity index (χ0v) is 11.0. The van der Waals surface area contributed by atoms with E-state index in [4.69, 9.17) is 4.42 Å². The van der Waals surface area contributed by atoms with Gasteiger partial charge in [0, 0.05) is 12.5 Å². The Kier molecular flexibility index (Phi) is 5.11. The first-order valence-corrected chi connectivity index (χ1v) is 7.19. The quantitative estimate of drug-likeness (QED) is 0.852. The summed E-state index contributed by atoms with van der Waals surface area (Å²) in [7, 11) is 0. The molecule has 0 radical (unpaired) electrons. The third kappa shape index (κ3) is 4.19. The van der Waals surface area contributed by atoms with Gasteiger partial charge in [0.15, 0.2) is 0 Å². The Hall–Kier alpha value is -0.760. The minimum atomic E-state index is 0.700. The van der Waals surface area contributed by atoms with Crippen LogP contribution in [0.1, 0.15) is 63.4 Å². The summed E-state index contributed by atoms with van der Waals surface area (Å²) >= 11 is 0. The largest absolute Gasteiger partial charge is 0.465 e. The molecule has 0 atom stereocenters. The van der Waals surface area contributed by atoms with Crippen molar-refractivity contribution in [3.05, 3.63) is 23.7 Å². The van der Waals surface area contributed by atoms with Gasteiger partial charge in [0.2, 0.25) is 0 Å². The normalized spacial score (nSPS) is 18.9. The summed E-state index contributed by atoms with van der Waals surface area (Å²) in [5.41, 5.74) is 0. The molecule has 1 aliphatic carbocycles. The average molecular weight is 235 g/mol. The number of hydrogen-bond acceptors (Lipinski definition) is 2. The van der Waals surface area contributed by atoms with Crippen molar-refractivity contribution < 1.29 is 4.42 Å². The minimum Gasteiger partial charge on any atom is -0.465 e. The van der Waals surface area contributed by atoms with Gasteiger partial charge < -0.3 is 9.73 Å². The molecule has 1 aromatic heterocycles. The van der Waals surface area contributed by atoms with Gasteiger partial charge in [-0.1, -0.05) is 39.0 Å². The molecule has 0 aromatic carbocycles. The molecule has 1 aliphatic rings. The molecular formula is C15H25NO. The van der Waals surface area contributed by atoms with Gasteiger partial charge >= 0.3 is 0 Å². The SMILES string of the molecule is CCc1ccc(CNC2CCCCCCC2)o1. The van der Waals surface area contributed by atoms with Crippen LogP contribution in [-0.4, -0.2) is 6.04 Å². The zero-order valence-electron chi connectivity index (χ0n) is 11.0. The molecule has 0 aliphatic heterocycles. The summed E-state index contributed by atoms with van der Waals surface area (Å²) in [4.78, 5) is 0. The van der Waals surface area contributed by atoms with Crippen molar-refractivity contribution in [2.75, 3.05) is 0 Å². The molecule has 1 fully saturated rings. The van der Waals surface area contributed by atoms with E-state index in [0.717, 1.165) is 24.5 Å². The van der Waals surface area contributed by atoms with Crippen LogP contribution in [0.2, 0.25) is 0 Å². The fourth-order valence-electron chi connectivity index (χ4n) is 2.61. The lowest BCUT2D eigenvalue weighted by Gasteiger charge is -2.20. The first kappa shape index (κ1) is 12.7. The third-order valence-electron chi connectivity index (χ3n) is 3.74. The highest BCUT2D eigenvalue weighted by atomic mass is 16.3. The van der Waals surface area contributed by atoms with Crippen molar-refractivity contribution in [1.82, 2.24) is 5.32 Å². The van der Waals surface area contributed by atoms with Crippen molar-refractivity contribution in [3.8, 4) is 0 Å². The number of rotatable bonds is 4. The highest BCUT2D eigenvalue weighted by Gasteiger charge is 2.11. The Labute approximate surface area is 105 Å². The Bertz CT molecular complexity index is 310. The van der Waals surface area contributed by atoms with Crippen LogP contribution in [0.15, 0.2) is 16.5 Å². The zero-order chi connectivity index (χ0) is 11.9. The topological polar surface area (TPSA) is 25.2 Å². The summed E-state index contributed by atoms with van der Waals surface area (Å²) in [6, 6.07) is 4.90. The predicted octanol–water partition coefficient (Wildman–Crippen LogP) is 4.04. The Morgan fingerprint density at radius 3 is 2.35 bits per heavy atom. The average Bonchev–Trinajstić information content (AvgIpc) is 2.75.